The van der Waals surface area contributed by atoms with Crippen LogP contribution in [-0.4, -0.2) is 68.2 Å². The van der Waals surface area contributed by atoms with E-state index in [0.717, 1.165) is 12.8 Å². The minimum atomic E-state index is -0.881. The molecule has 0 radical (unpaired) electrons. The van der Waals surface area contributed by atoms with E-state index in [9.17, 15) is 14.4 Å². The van der Waals surface area contributed by atoms with Gasteiger partial charge < -0.3 is 25.5 Å². The third-order valence-corrected chi connectivity index (χ3v) is 2.41. The zero-order chi connectivity index (χ0) is 19.8. The Morgan fingerprint density at radius 3 is 1.25 bits per heavy atom. The second-order valence-electron chi connectivity index (χ2n) is 4.11. The average Bonchev–Trinajstić information content (AvgIpc) is 2.55. The second kappa shape index (κ2) is 30.0. The molecule has 0 fully saturated rings. The number of aliphatic carboxylic acids is 3. The van der Waals surface area contributed by atoms with Crippen LogP contribution in [0.15, 0.2) is 0 Å². The van der Waals surface area contributed by atoms with E-state index in [2.05, 4.69) is 32.2 Å². The molecule has 0 heterocycles. The summed E-state index contributed by atoms with van der Waals surface area (Å²) in [5.74, 6) is -2.60. The van der Waals surface area contributed by atoms with Gasteiger partial charge in [-0.3, -0.25) is 14.4 Å². The van der Waals surface area contributed by atoms with Crippen molar-refractivity contribution in [1.29, 1.82) is 0 Å². The number of carbonyl (C=O) groups is 3. The second-order valence-corrected chi connectivity index (χ2v) is 4.74. The first-order valence-corrected chi connectivity index (χ1v) is 8.58. The predicted molar refractivity (Wildman–Crippen MR) is 98.2 cm³/mol. The Kier molecular flexibility index (Phi) is 38.5. The highest BCUT2D eigenvalue weighted by Crippen LogP contribution is 2.04. The van der Waals surface area contributed by atoms with Crippen LogP contribution in [0, 0.1) is 0 Å². The van der Waals surface area contributed by atoms with Gasteiger partial charge in [-0.05, 0) is 6.42 Å². The maximum atomic E-state index is 10.0. The van der Waals surface area contributed by atoms with Crippen molar-refractivity contribution < 1.29 is 39.9 Å². The Morgan fingerprint density at radius 1 is 0.708 bits per heavy atom. The van der Waals surface area contributed by atoms with Crippen LogP contribution in [0.3, 0.4) is 0 Å². The lowest BCUT2D eigenvalue weighted by Gasteiger charge is -1.95. The number of hydrogen-bond acceptors (Lipinski definition) is 7. The summed E-state index contributed by atoms with van der Waals surface area (Å²) in [4.78, 5) is 28.6. The van der Waals surface area contributed by atoms with Crippen molar-refractivity contribution in [1.82, 2.24) is 0 Å². The van der Waals surface area contributed by atoms with Crippen LogP contribution in [0.25, 0.3) is 0 Å². The van der Waals surface area contributed by atoms with Gasteiger partial charge in [0.05, 0.1) is 24.7 Å². The first kappa shape index (κ1) is 30.9. The third kappa shape index (κ3) is 69.4. The molecule has 24 heavy (non-hydrogen) atoms. The number of aliphatic hydroxyl groups is 2. The molecule has 0 aliphatic rings. The fraction of sp³-hybridized carbons (Fsp3) is 0.786. The molecule has 0 unspecified atom stereocenters. The van der Waals surface area contributed by atoms with Gasteiger partial charge in [-0.1, -0.05) is 32.6 Å². The number of carboxylic acid groups (broad SMARTS) is 3. The number of aliphatic hydroxyl groups excluding tert-OH is 2. The molecule has 5 N–H and O–H groups in total. The number of unbranched alkanes of at least 4 members (excludes halogenated alkanes) is 4. The van der Waals surface area contributed by atoms with Crippen LogP contribution in [0.1, 0.15) is 45.4 Å². The molecule has 0 saturated heterocycles. The van der Waals surface area contributed by atoms with E-state index in [4.69, 9.17) is 25.5 Å². The van der Waals surface area contributed by atoms with Gasteiger partial charge in [-0.25, -0.2) is 0 Å². The van der Waals surface area contributed by atoms with E-state index in [1.54, 1.807) is 0 Å². The van der Waals surface area contributed by atoms with Gasteiger partial charge in [0, 0.05) is 6.42 Å². The van der Waals surface area contributed by atoms with E-state index in [1.807, 2.05) is 0 Å². The topological polar surface area (TPSA) is 152 Å². The smallest absolute Gasteiger partial charge is 0.313 e. The highest BCUT2D eigenvalue weighted by molar-refractivity contribution is 7.81. The van der Waals surface area contributed by atoms with Crippen LogP contribution in [0.4, 0.5) is 0 Å². The molecule has 0 rings (SSSR count). The number of thiol groups is 2. The lowest BCUT2D eigenvalue weighted by Crippen LogP contribution is -1.93. The minimum Gasteiger partial charge on any atom is -0.481 e. The zero-order valence-corrected chi connectivity index (χ0v) is 15.7. The van der Waals surface area contributed by atoms with Crippen molar-refractivity contribution in [3.63, 3.8) is 0 Å². The molecule has 10 heteroatoms. The molecule has 8 nitrogen and oxygen atoms in total. The molecule has 146 valence electrons. The van der Waals surface area contributed by atoms with E-state index in [-0.39, 0.29) is 24.7 Å². The third-order valence-electron chi connectivity index (χ3n) is 1.86. The minimum absolute atomic E-state index is 0.0833. The van der Waals surface area contributed by atoms with Crippen molar-refractivity contribution in [3.8, 4) is 0 Å². The average molecular weight is 391 g/mol. The Bertz CT molecular complexity index is 272. The molecule has 0 bridgehead atoms. The highest BCUT2D eigenvalue weighted by atomic mass is 32.1. The van der Waals surface area contributed by atoms with Crippen LogP contribution >= 0.6 is 25.3 Å². The molecule has 0 spiro atoms. The van der Waals surface area contributed by atoms with Crippen molar-refractivity contribution in [3.05, 3.63) is 0 Å². The Labute approximate surface area is 153 Å². The fourth-order valence-corrected chi connectivity index (χ4v) is 0.880. The molecular weight excluding hydrogens is 360 g/mol. The van der Waals surface area contributed by atoms with Gasteiger partial charge in [0.25, 0.3) is 0 Å². The SMILES string of the molecule is CCCCCCCC(=O)O.O=C(O)CS.O=C(O)CS.OCCO. The summed E-state index contributed by atoms with van der Waals surface area (Å²) >= 11 is 6.83. The van der Waals surface area contributed by atoms with Gasteiger partial charge in [0.2, 0.25) is 0 Å². The van der Waals surface area contributed by atoms with Crippen molar-refractivity contribution in [2.24, 2.45) is 0 Å². The number of rotatable bonds is 9. The summed E-state index contributed by atoms with van der Waals surface area (Å²) < 4.78 is 0. The standard InChI is InChI=1S/C8H16O2.2C2H4O2S.C2H6O2/c1-2-3-4-5-6-7-8(9)10;2*3-2(4)1-5;3-1-2-4/h2-7H2,1H3,(H,9,10);2*5H,1H2,(H,3,4);3-4H,1-2H2. The molecular formula is C14H30O8S2. The maximum absolute atomic E-state index is 10.0. The van der Waals surface area contributed by atoms with Gasteiger partial charge in [-0.2, -0.15) is 25.3 Å². The summed E-state index contributed by atoms with van der Waals surface area (Å²) in [6, 6.07) is 0. The first-order chi connectivity index (χ1) is 11.2. The number of hydrogen-bond donors (Lipinski definition) is 7. The molecule has 0 saturated carbocycles. The summed E-state index contributed by atoms with van der Waals surface area (Å²) in [7, 11) is 0. The number of carboxylic acids is 3. The van der Waals surface area contributed by atoms with Gasteiger partial charge in [-0.15, -0.1) is 0 Å². The molecule has 0 aliphatic heterocycles. The molecule has 0 amide bonds. The van der Waals surface area contributed by atoms with E-state index >= 15 is 0 Å². The molecule has 0 aliphatic carbocycles. The van der Waals surface area contributed by atoms with Gasteiger partial charge >= 0.3 is 17.9 Å². The van der Waals surface area contributed by atoms with Crippen molar-refractivity contribution >= 4 is 43.2 Å². The molecule has 0 aromatic carbocycles. The van der Waals surface area contributed by atoms with Crippen molar-refractivity contribution in [2.45, 2.75) is 45.4 Å². The van der Waals surface area contributed by atoms with Gasteiger partial charge in [0.15, 0.2) is 0 Å². The monoisotopic (exact) mass is 390 g/mol. The summed E-state index contributed by atoms with van der Waals surface area (Å²) in [5, 5.41) is 38.8. The van der Waals surface area contributed by atoms with Crippen molar-refractivity contribution in [2.75, 3.05) is 24.7 Å². The molecule has 0 aromatic heterocycles. The summed E-state index contributed by atoms with van der Waals surface area (Å²) in [5.41, 5.74) is 0. The Balaban J connectivity index is -0.000000121. The summed E-state index contributed by atoms with van der Waals surface area (Å²) in [6.45, 7) is 1.90. The largest absolute Gasteiger partial charge is 0.481 e. The predicted octanol–water partition coefficient (Wildman–Crippen LogP) is 1.40. The highest BCUT2D eigenvalue weighted by Gasteiger charge is 1.94. The normalized spacial score (nSPS) is 8.38. The maximum Gasteiger partial charge on any atom is 0.313 e. The van der Waals surface area contributed by atoms with Crippen LogP contribution < -0.4 is 0 Å². The van der Waals surface area contributed by atoms with Gasteiger partial charge in [0.1, 0.15) is 0 Å². The Hall–Kier alpha value is -0.970. The van der Waals surface area contributed by atoms with E-state index in [0.29, 0.717) is 6.42 Å². The quantitative estimate of drug-likeness (QED) is 0.230. The Morgan fingerprint density at radius 2 is 1.04 bits per heavy atom. The first-order valence-electron chi connectivity index (χ1n) is 7.32. The van der Waals surface area contributed by atoms with Crippen LogP contribution in [0.5, 0.6) is 0 Å². The lowest BCUT2D eigenvalue weighted by atomic mass is 10.1. The fourth-order valence-electron chi connectivity index (χ4n) is 0.880. The van der Waals surface area contributed by atoms with Crippen LogP contribution in [0.2, 0.25) is 0 Å². The summed E-state index contributed by atoms with van der Waals surface area (Å²) in [6.07, 6.45) is 5.88. The lowest BCUT2D eigenvalue weighted by molar-refractivity contribution is -0.137. The molecule has 0 aromatic rings. The zero-order valence-electron chi connectivity index (χ0n) is 13.9. The van der Waals surface area contributed by atoms with E-state index < -0.39 is 17.9 Å². The molecule has 0 atom stereocenters. The van der Waals surface area contributed by atoms with E-state index in [1.165, 1.54) is 19.3 Å². The van der Waals surface area contributed by atoms with Crippen LogP contribution in [-0.2, 0) is 14.4 Å².